The number of hydrogen-bond donors (Lipinski definition) is 3. The molecular formula is C17H25N3O2. The number of nitrogens with two attached hydrogens (primary N) is 1. The fraction of sp³-hybridized carbons (Fsp3) is 0.529. The van der Waals surface area contributed by atoms with E-state index in [1.807, 2.05) is 6.07 Å². The van der Waals surface area contributed by atoms with Crippen molar-refractivity contribution < 1.29 is 9.59 Å². The summed E-state index contributed by atoms with van der Waals surface area (Å²) in [5, 5.41) is 5.70. The highest BCUT2D eigenvalue weighted by molar-refractivity contribution is 5.92. The third-order valence-electron chi connectivity index (χ3n) is 4.23. The van der Waals surface area contributed by atoms with Gasteiger partial charge < -0.3 is 16.4 Å². The molecule has 0 heterocycles. The Morgan fingerprint density at radius 1 is 1.14 bits per heavy atom. The molecule has 0 spiro atoms. The van der Waals surface area contributed by atoms with Crippen LogP contribution in [0.2, 0.25) is 0 Å². The molecule has 0 bridgehead atoms. The summed E-state index contributed by atoms with van der Waals surface area (Å²) in [6.07, 6.45) is 7.66. The molecule has 1 aromatic rings. The van der Waals surface area contributed by atoms with Gasteiger partial charge in [0.1, 0.15) is 0 Å². The zero-order chi connectivity index (χ0) is 15.8. The third kappa shape index (κ3) is 5.39. The zero-order valence-corrected chi connectivity index (χ0v) is 12.9. The number of amides is 3. The second-order valence-corrected chi connectivity index (χ2v) is 5.97. The van der Waals surface area contributed by atoms with Crippen molar-refractivity contribution in [2.24, 2.45) is 11.7 Å². The van der Waals surface area contributed by atoms with E-state index in [1.165, 1.54) is 32.1 Å². The van der Waals surface area contributed by atoms with Crippen molar-refractivity contribution in [3.63, 3.8) is 0 Å². The Labute approximate surface area is 131 Å². The number of carbonyl (C=O) groups excluding carboxylic acids is 2. The fourth-order valence-electron chi connectivity index (χ4n) is 2.95. The molecule has 1 fully saturated rings. The number of primary amides is 1. The summed E-state index contributed by atoms with van der Waals surface area (Å²) in [7, 11) is 0. The average molecular weight is 303 g/mol. The first kappa shape index (κ1) is 16.3. The van der Waals surface area contributed by atoms with Crippen molar-refractivity contribution in [1.29, 1.82) is 0 Å². The monoisotopic (exact) mass is 303 g/mol. The minimum Gasteiger partial charge on any atom is -0.366 e. The van der Waals surface area contributed by atoms with Crippen LogP contribution in [-0.4, -0.2) is 18.5 Å². The maximum Gasteiger partial charge on any atom is 0.315 e. The molecular weight excluding hydrogens is 278 g/mol. The van der Waals surface area contributed by atoms with Crippen molar-refractivity contribution in [2.75, 3.05) is 6.54 Å². The van der Waals surface area contributed by atoms with Gasteiger partial charge in [-0.1, -0.05) is 44.2 Å². The van der Waals surface area contributed by atoms with Crippen LogP contribution in [0, 0.1) is 5.92 Å². The molecule has 1 aliphatic rings. The molecule has 0 saturated heterocycles. The highest BCUT2D eigenvalue weighted by Gasteiger charge is 2.13. The predicted molar refractivity (Wildman–Crippen MR) is 86.4 cm³/mol. The van der Waals surface area contributed by atoms with Crippen molar-refractivity contribution in [2.45, 2.75) is 45.1 Å². The molecule has 1 aliphatic carbocycles. The molecule has 0 unspecified atom stereocenters. The fourth-order valence-corrected chi connectivity index (χ4v) is 2.95. The van der Waals surface area contributed by atoms with Gasteiger partial charge in [0, 0.05) is 18.7 Å². The highest BCUT2D eigenvalue weighted by atomic mass is 16.2. The standard InChI is InChI=1S/C17H25N3O2/c18-16(21)15-8-4-7-14(11-15)12-20-17(22)19-10-9-13-5-2-1-3-6-13/h4,7-8,11,13H,1-3,5-6,9-10,12H2,(H2,18,21)(H2,19,20,22). The van der Waals surface area contributed by atoms with E-state index in [9.17, 15) is 9.59 Å². The largest absolute Gasteiger partial charge is 0.366 e. The molecule has 0 aromatic heterocycles. The summed E-state index contributed by atoms with van der Waals surface area (Å²) >= 11 is 0. The summed E-state index contributed by atoms with van der Waals surface area (Å²) in [4.78, 5) is 22.9. The van der Waals surface area contributed by atoms with Gasteiger partial charge in [-0.3, -0.25) is 4.79 Å². The Bertz CT molecular complexity index is 510. The number of carbonyl (C=O) groups is 2. The van der Waals surface area contributed by atoms with Crippen LogP contribution < -0.4 is 16.4 Å². The molecule has 0 aliphatic heterocycles. The SMILES string of the molecule is NC(=O)c1cccc(CNC(=O)NCCC2CCCCC2)c1. The molecule has 1 aromatic carbocycles. The van der Waals surface area contributed by atoms with Crippen LogP contribution in [0.1, 0.15) is 54.4 Å². The van der Waals surface area contributed by atoms with Gasteiger partial charge in [-0.15, -0.1) is 0 Å². The Hall–Kier alpha value is -2.04. The lowest BCUT2D eigenvalue weighted by Crippen LogP contribution is -2.36. The van der Waals surface area contributed by atoms with Gasteiger partial charge in [0.15, 0.2) is 0 Å². The second kappa shape index (κ2) is 8.41. The maximum atomic E-state index is 11.8. The number of hydrogen-bond acceptors (Lipinski definition) is 2. The van der Waals surface area contributed by atoms with Crippen LogP contribution in [0.3, 0.4) is 0 Å². The minimum absolute atomic E-state index is 0.166. The number of urea groups is 1. The lowest BCUT2D eigenvalue weighted by Gasteiger charge is -2.21. The van der Waals surface area contributed by atoms with Crippen LogP contribution in [0.25, 0.3) is 0 Å². The van der Waals surface area contributed by atoms with E-state index in [0.717, 1.165) is 24.4 Å². The molecule has 22 heavy (non-hydrogen) atoms. The number of rotatable bonds is 6. The topological polar surface area (TPSA) is 84.2 Å². The second-order valence-electron chi connectivity index (χ2n) is 5.97. The molecule has 5 nitrogen and oxygen atoms in total. The maximum absolute atomic E-state index is 11.8. The van der Waals surface area contributed by atoms with Crippen LogP contribution in [0.15, 0.2) is 24.3 Å². The van der Waals surface area contributed by atoms with E-state index >= 15 is 0 Å². The Morgan fingerprint density at radius 2 is 1.91 bits per heavy atom. The van der Waals surface area contributed by atoms with E-state index in [1.54, 1.807) is 18.2 Å². The van der Waals surface area contributed by atoms with Crippen LogP contribution in [0.4, 0.5) is 4.79 Å². The normalized spacial score (nSPS) is 15.3. The van der Waals surface area contributed by atoms with Crippen molar-refractivity contribution in [1.82, 2.24) is 10.6 Å². The van der Waals surface area contributed by atoms with Gasteiger partial charge in [-0.25, -0.2) is 4.79 Å². The summed E-state index contributed by atoms with van der Waals surface area (Å²) in [6, 6.07) is 6.81. The predicted octanol–water partition coefficient (Wildman–Crippen LogP) is 2.56. The van der Waals surface area contributed by atoms with E-state index in [0.29, 0.717) is 12.1 Å². The molecule has 2 rings (SSSR count). The van der Waals surface area contributed by atoms with Crippen LogP contribution in [-0.2, 0) is 6.54 Å². The van der Waals surface area contributed by atoms with Crippen molar-refractivity contribution in [3.05, 3.63) is 35.4 Å². The molecule has 5 heteroatoms. The van der Waals surface area contributed by atoms with E-state index in [4.69, 9.17) is 5.73 Å². The Balaban J connectivity index is 1.66. The van der Waals surface area contributed by atoms with Gasteiger partial charge in [0.05, 0.1) is 0 Å². The van der Waals surface area contributed by atoms with Gasteiger partial charge in [0.25, 0.3) is 0 Å². The number of benzene rings is 1. The lowest BCUT2D eigenvalue weighted by molar-refractivity contribution is 0.1000. The number of nitrogens with one attached hydrogen (secondary N) is 2. The van der Waals surface area contributed by atoms with Crippen molar-refractivity contribution in [3.8, 4) is 0 Å². The van der Waals surface area contributed by atoms with Gasteiger partial charge >= 0.3 is 6.03 Å². The van der Waals surface area contributed by atoms with Gasteiger partial charge in [-0.05, 0) is 30.0 Å². The summed E-state index contributed by atoms with van der Waals surface area (Å²) < 4.78 is 0. The highest BCUT2D eigenvalue weighted by Crippen LogP contribution is 2.25. The molecule has 3 amide bonds. The van der Waals surface area contributed by atoms with Crippen LogP contribution >= 0.6 is 0 Å². The first-order chi connectivity index (χ1) is 10.6. The molecule has 1 saturated carbocycles. The zero-order valence-electron chi connectivity index (χ0n) is 12.9. The summed E-state index contributed by atoms with van der Waals surface area (Å²) in [6.45, 7) is 1.11. The van der Waals surface area contributed by atoms with Gasteiger partial charge in [0.2, 0.25) is 5.91 Å². The minimum atomic E-state index is -0.459. The molecule has 0 radical (unpaired) electrons. The average Bonchev–Trinajstić information content (AvgIpc) is 2.54. The third-order valence-corrected chi connectivity index (χ3v) is 4.23. The first-order valence-corrected chi connectivity index (χ1v) is 8.05. The molecule has 0 atom stereocenters. The summed E-state index contributed by atoms with van der Waals surface area (Å²) in [5.41, 5.74) is 6.55. The Morgan fingerprint density at radius 3 is 2.64 bits per heavy atom. The lowest BCUT2D eigenvalue weighted by atomic mass is 9.87. The van der Waals surface area contributed by atoms with E-state index in [-0.39, 0.29) is 6.03 Å². The molecule has 120 valence electrons. The first-order valence-electron chi connectivity index (χ1n) is 8.05. The van der Waals surface area contributed by atoms with Crippen molar-refractivity contribution >= 4 is 11.9 Å². The van der Waals surface area contributed by atoms with E-state index in [2.05, 4.69) is 10.6 Å². The quantitative estimate of drug-likeness (QED) is 0.754. The summed E-state index contributed by atoms with van der Waals surface area (Å²) in [5.74, 6) is 0.306. The van der Waals surface area contributed by atoms with E-state index < -0.39 is 5.91 Å². The Kier molecular flexibility index (Phi) is 6.25. The smallest absolute Gasteiger partial charge is 0.315 e. The molecule has 4 N–H and O–H groups in total. The van der Waals surface area contributed by atoms with Crippen LogP contribution in [0.5, 0.6) is 0 Å². The van der Waals surface area contributed by atoms with Gasteiger partial charge in [-0.2, -0.15) is 0 Å².